The molecular weight excluding hydrogens is 310 g/mol. The number of carbonyl (C=O) groups is 1. The molecule has 4 rings (SSSR count). The molecule has 0 atom stereocenters. The van der Waals surface area contributed by atoms with Crippen LogP contribution in [0.1, 0.15) is 28.8 Å². The maximum absolute atomic E-state index is 13.3. The van der Waals surface area contributed by atoms with Gasteiger partial charge in [0.25, 0.3) is 5.91 Å². The van der Waals surface area contributed by atoms with Crippen LogP contribution in [0.25, 0.3) is 10.9 Å². The number of halogens is 2. The predicted octanol–water partition coefficient (Wildman–Crippen LogP) is 3.91. The van der Waals surface area contributed by atoms with E-state index in [0.717, 1.165) is 29.3 Å². The van der Waals surface area contributed by atoms with Gasteiger partial charge in [-0.15, -0.1) is 0 Å². The van der Waals surface area contributed by atoms with Gasteiger partial charge in [0.2, 0.25) is 0 Å². The normalized spacial score (nSPS) is 15.4. The van der Waals surface area contributed by atoms with E-state index in [9.17, 15) is 13.6 Å². The number of fused-ring (bicyclic) bond motifs is 1. The third-order valence-electron chi connectivity index (χ3n) is 4.76. The molecule has 0 aliphatic heterocycles. The first-order valence-electron chi connectivity index (χ1n) is 7.88. The number of nitrogens with one attached hydrogen (secondary N) is 2. The molecule has 2 N–H and O–H groups in total. The maximum atomic E-state index is 13.3. The summed E-state index contributed by atoms with van der Waals surface area (Å²) in [6.45, 7) is 0.507. The largest absolute Gasteiger partial charge is 0.361 e. The van der Waals surface area contributed by atoms with Gasteiger partial charge in [0.1, 0.15) is 11.6 Å². The minimum absolute atomic E-state index is 0.105. The fraction of sp³-hybridized carbons (Fsp3) is 0.211. The maximum Gasteiger partial charge on any atom is 0.251 e. The van der Waals surface area contributed by atoms with Crippen molar-refractivity contribution in [1.29, 1.82) is 0 Å². The van der Waals surface area contributed by atoms with Crippen molar-refractivity contribution in [3.63, 3.8) is 0 Å². The van der Waals surface area contributed by atoms with Gasteiger partial charge in [0.05, 0.1) is 0 Å². The predicted molar refractivity (Wildman–Crippen MR) is 87.9 cm³/mol. The van der Waals surface area contributed by atoms with E-state index in [-0.39, 0.29) is 23.0 Å². The Labute approximate surface area is 137 Å². The van der Waals surface area contributed by atoms with E-state index in [1.54, 1.807) is 6.07 Å². The highest BCUT2D eigenvalue weighted by Gasteiger charge is 2.45. The number of aromatic nitrogens is 1. The molecule has 0 saturated heterocycles. The first kappa shape index (κ1) is 14.9. The third-order valence-corrected chi connectivity index (χ3v) is 4.76. The minimum Gasteiger partial charge on any atom is -0.361 e. The van der Waals surface area contributed by atoms with Gasteiger partial charge in [-0.05, 0) is 60.9 Å². The van der Waals surface area contributed by atoms with E-state index >= 15 is 0 Å². The Kier molecular flexibility index (Phi) is 3.37. The van der Waals surface area contributed by atoms with Gasteiger partial charge in [-0.3, -0.25) is 4.79 Å². The van der Waals surface area contributed by atoms with Gasteiger partial charge in [-0.1, -0.05) is 0 Å². The van der Waals surface area contributed by atoms with Crippen LogP contribution in [0.2, 0.25) is 0 Å². The summed E-state index contributed by atoms with van der Waals surface area (Å²) in [4.78, 5) is 15.3. The molecule has 1 amide bonds. The number of amides is 1. The smallest absolute Gasteiger partial charge is 0.251 e. The standard InChI is InChI=1S/C19H16F2N2O/c20-13-3-1-12(2-4-13)18(24)23-11-19(7-8-19)16-10-22-17-9-14(21)5-6-15(16)17/h1-6,9-10,22H,7-8,11H2,(H,23,24). The van der Waals surface area contributed by atoms with Crippen LogP contribution < -0.4 is 5.32 Å². The fourth-order valence-corrected chi connectivity index (χ4v) is 3.18. The van der Waals surface area contributed by atoms with Crippen molar-refractivity contribution in [2.75, 3.05) is 6.54 Å². The monoisotopic (exact) mass is 326 g/mol. The Morgan fingerprint density at radius 1 is 1.08 bits per heavy atom. The molecule has 1 heterocycles. The van der Waals surface area contributed by atoms with Crippen molar-refractivity contribution in [2.45, 2.75) is 18.3 Å². The summed E-state index contributed by atoms with van der Waals surface area (Å²) < 4.78 is 26.3. The van der Waals surface area contributed by atoms with Crippen LogP contribution in [-0.2, 0) is 5.41 Å². The number of hydrogen-bond donors (Lipinski definition) is 2. The Morgan fingerprint density at radius 3 is 2.50 bits per heavy atom. The van der Waals surface area contributed by atoms with Crippen molar-refractivity contribution in [3.8, 4) is 0 Å². The van der Waals surface area contributed by atoms with E-state index in [0.29, 0.717) is 12.1 Å². The average molecular weight is 326 g/mol. The molecule has 122 valence electrons. The summed E-state index contributed by atoms with van der Waals surface area (Å²) in [6, 6.07) is 10.2. The first-order chi connectivity index (χ1) is 11.6. The highest BCUT2D eigenvalue weighted by atomic mass is 19.1. The lowest BCUT2D eigenvalue weighted by molar-refractivity contribution is 0.0949. The molecule has 0 unspecified atom stereocenters. The van der Waals surface area contributed by atoms with Crippen LogP contribution >= 0.6 is 0 Å². The minimum atomic E-state index is -0.365. The molecule has 5 heteroatoms. The van der Waals surface area contributed by atoms with E-state index < -0.39 is 0 Å². The molecule has 1 aliphatic rings. The van der Waals surface area contributed by atoms with Crippen molar-refractivity contribution >= 4 is 16.8 Å². The second-order valence-corrected chi connectivity index (χ2v) is 6.36. The van der Waals surface area contributed by atoms with Crippen LogP contribution in [0.3, 0.4) is 0 Å². The van der Waals surface area contributed by atoms with Crippen LogP contribution in [0.15, 0.2) is 48.7 Å². The van der Waals surface area contributed by atoms with Crippen molar-refractivity contribution < 1.29 is 13.6 Å². The van der Waals surface area contributed by atoms with Crippen molar-refractivity contribution in [1.82, 2.24) is 10.3 Å². The summed E-state index contributed by atoms with van der Waals surface area (Å²) in [5.41, 5.74) is 2.21. The zero-order valence-electron chi connectivity index (χ0n) is 12.9. The highest BCUT2D eigenvalue weighted by Crippen LogP contribution is 2.50. The van der Waals surface area contributed by atoms with E-state index in [1.807, 2.05) is 6.20 Å². The van der Waals surface area contributed by atoms with Crippen molar-refractivity contribution in [2.24, 2.45) is 0 Å². The van der Waals surface area contributed by atoms with Crippen LogP contribution in [0.5, 0.6) is 0 Å². The Hall–Kier alpha value is -2.69. The summed E-state index contributed by atoms with van der Waals surface area (Å²) >= 11 is 0. The molecule has 1 saturated carbocycles. The van der Waals surface area contributed by atoms with Gasteiger partial charge in [0.15, 0.2) is 0 Å². The zero-order valence-corrected chi connectivity index (χ0v) is 12.9. The topological polar surface area (TPSA) is 44.9 Å². The lowest BCUT2D eigenvalue weighted by atomic mass is 9.95. The lowest BCUT2D eigenvalue weighted by Gasteiger charge is -2.16. The molecule has 0 radical (unpaired) electrons. The second-order valence-electron chi connectivity index (χ2n) is 6.36. The first-order valence-corrected chi connectivity index (χ1v) is 7.88. The number of hydrogen-bond acceptors (Lipinski definition) is 1. The Morgan fingerprint density at radius 2 is 1.79 bits per heavy atom. The zero-order chi connectivity index (χ0) is 16.7. The molecule has 0 spiro atoms. The number of benzene rings is 2. The highest BCUT2D eigenvalue weighted by molar-refractivity contribution is 5.94. The molecule has 1 aromatic heterocycles. The molecule has 24 heavy (non-hydrogen) atoms. The molecular formula is C19H16F2N2O. The average Bonchev–Trinajstić information content (AvgIpc) is 3.25. The van der Waals surface area contributed by atoms with Gasteiger partial charge in [-0.25, -0.2) is 8.78 Å². The molecule has 3 nitrogen and oxygen atoms in total. The summed E-state index contributed by atoms with van der Waals surface area (Å²) in [5.74, 6) is -0.853. The quantitative estimate of drug-likeness (QED) is 0.750. The number of rotatable bonds is 4. The molecule has 3 aromatic rings. The molecule has 0 bridgehead atoms. The Balaban J connectivity index is 1.53. The van der Waals surface area contributed by atoms with Gasteiger partial charge < -0.3 is 10.3 Å². The van der Waals surface area contributed by atoms with Gasteiger partial charge >= 0.3 is 0 Å². The SMILES string of the molecule is O=C(NCC1(c2c[nH]c3cc(F)ccc23)CC1)c1ccc(F)cc1. The van der Waals surface area contributed by atoms with E-state index in [2.05, 4.69) is 10.3 Å². The van der Waals surface area contributed by atoms with Crippen molar-refractivity contribution in [3.05, 3.63) is 71.4 Å². The lowest BCUT2D eigenvalue weighted by Crippen LogP contribution is -2.32. The fourth-order valence-electron chi connectivity index (χ4n) is 3.18. The third kappa shape index (κ3) is 2.56. The van der Waals surface area contributed by atoms with Gasteiger partial charge in [-0.2, -0.15) is 0 Å². The van der Waals surface area contributed by atoms with Crippen LogP contribution in [-0.4, -0.2) is 17.4 Å². The van der Waals surface area contributed by atoms with Gasteiger partial charge in [0, 0.05) is 34.6 Å². The number of H-pyrrole nitrogens is 1. The van der Waals surface area contributed by atoms with E-state index in [4.69, 9.17) is 0 Å². The second kappa shape index (κ2) is 5.44. The molecule has 2 aromatic carbocycles. The number of aromatic amines is 1. The summed E-state index contributed by atoms with van der Waals surface area (Å²) in [7, 11) is 0. The summed E-state index contributed by atoms with van der Waals surface area (Å²) in [6.07, 6.45) is 3.85. The Bertz CT molecular complexity index is 911. The molecule has 1 aliphatic carbocycles. The summed E-state index contributed by atoms with van der Waals surface area (Å²) in [5, 5.41) is 3.93. The number of carbonyl (C=O) groups excluding carboxylic acids is 1. The van der Waals surface area contributed by atoms with Crippen LogP contribution in [0.4, 0.5) is 8.78 Å². The van der Waals surface area contributed by atoms with E-state index in [1.165, 1.54) is 36.4 Å². The molecule has 1 fully saturated rings. The van der Waals surface area contributed by atoms with Crippen LogP contribution in [0, 0.1) is 11.6 Å².